The van der Waals surface area contributed by atoms with Crippen LogP contribution in [0, 0.1) is 5.82 Å². The highest BCUT2D eigenvalue weighted by molar-refractivity contribution is 5.87. The first-order valence-electron chi connectivity index (χ1n) is 6.10. The Hall–Kier alpha value is -1.64. The topological polar surface area (TPSA) is 26.3 Å². The molecule has 0 N–H and O–H groups in total. The minimum Gasteiger partial charge on any atom is -0.451 e. The van der Waals surface area contributed by atoms with Crippen LogP contribution in [0.25, 0.3) is 0 Å². The van der Waals surface area contributed by atoms with E-state index in [1.54, 1.807) is 19.1 Å². The quantitative estimate of drug-likeness (QED) is 0.584. The van der Waals surface area contributed by atoms with Gasteiger partial charge in [-0.15, -0.1) is 0 Å². The monoisotopic (exact) mass is 250 g/mol. The minimum atomic E-state index is -0.705. The van der Waals surface area contributed by atoms with E-state index in [0.29, 0.717) is 18.4 Å². The summed E-state index contributed by atoms with van der Waals surface area (Å²) in [5.74, 6) is -0.714. The van der Waals surface area contributed by atoms with Gasteiger partial charge in [-0.2, -0.15) is 0 Å². The summed E-state index contributed by atoms with van der Waals surface area (Å²) in [5, 5.41) is 0. The Morgan fingerprint density at radius 1 is 1.28 bits per heavy atom. The maximum absolute atomic E-state index is 13.0. The van der Waals surface area contributed by atoms with Gasteiger partial charge in [-0.3, -0.25) is 0 Å². The molecule has 0 bridgehead atoms. The van der Waals surface area contributed by atoms with Crippen molar-refractivity contribution in [2.24, 2.45) is 0 Å². The number of hydrogen-bond donors (Lipinski definition) is 0. The number of halogens is 1. The molecule has 1 rings (SSSR count). The van der Waals surface area contributed by atoms with Gasteiger partial charge in [0.15, 0.2) is 0 Å². The summed E-state index contributed by atoms with van der Waals surface area (Å²) in [6.45, 7) is 9.08. The molecule has 0 heterocycles. The van der Waals surface area contributed by atoms with Crippen molar-refractivity contribution in [3.05, 3.63) is 47.8 Å². The number of ether oxygens (including phenoxy) is 1. The highest BCUT2D eigenvalue weighted by atomic mass is 19.1. The molecule has 0 aromatic heterocycles. The highest BCUT2D eigenvalue weighted by Crippen LogP contribution is 2.33. The third-order valence-electron chi connectivity index (χ3n) is 3.15. The molecular formula is C15H19FO2. The standard InChI is InChI=1S/C15H19FO2/c1-5-15(6-2,18-14(17)11(3)4)12-7-9-13(16)10-8-12/h7-10H,3,5-6H2,1-2,4H3. The van der Waals surface area contributed by atoms with E-state index in [0.717, 1.165) is 5.56 Å². The molecule has 0 fully saturated rings. The fraction of sp³-hybridized carbons (Fsp3) is 0.400. The normalized spacial score (nSPS) is 11.1. The Labute approximate surface area is 107 Å². The van der Waals surface area contributed by atoms with Crippen molar-refractivity contribution in [3.8, 4) is 0 Å². The Bertz CT molecular complexity index is 430. The van der Waals surface area contributed by atoms with Crippen LogP contribution in [0.4, 0.5) is 4.39 Å². The third kappa shape index (κ3) is 2.97. The van der Waals surface area contributed by atoms with Gasteiger partial charge in [-0.25, -0.2) is 9.18 Å². The molecule has 0 saturated carbocycles. The summed E-state index contributed by atoms with van der Waals surface area (Å²) in [5.41, 5.74) is 0.468. The van der Waals surface area contributed by atoms with Gasteiger partial charge in [-0.05, 0) is 37.5 Å². The maximum Gasteiger partial charge on any atom is 0.333 e. The molecule has 3 heteroatoms. The number of hydrogen-bond acceptors (Lipinski definition) is 2. The molecule has 1 aromatic carbocycles. The van der Waals surface area contributed by atoms with Gasteiger partial charge < -0.3 is 4.74 Å². The Morgan fingerprint density at radius 2 is 1.78 bits per heavy atom. The molecular weight excluding hydrogens is 231 g/mol. The molecule has 0 aliphatic heterocycles. The number of carbonyl (C=O) groups is 1. The predicted octanol–water partition coefficient (Wildman–Crippen LogP) is 3.96. The summed E-state index contributed by atoms with van der Waals surface area (Å²) in [4.78, 5) is 11.7. The van der Waals surface area contributed by atoms with Crippen molar-refractivity contribution < 1.29 is 13.9 Å². The molecule has 2 nitrogen and oxygen atoms in total. The van der Waals surface area contributed by atoms with Crippen LogP contribution in [0.15, 0.2) is 36.4 Å². The minimum absolute atomic E-state index is 0.300. The number of carbonyl (C=O) groups excluding carboxylic acids is 1. The van der Waals surface area contributed by atoms with Gasteiger partial charge in [0.25, 0.3) is 0 Å². The van der Waals surface area contributed by atoms with Gasteiger partial charge in [0.05, 0.1) is 0 Å². The molecule has 98 valence electrons. The highest BCUT2D eigenvalue weighted by Gasteiger charge is 2.32. The average molecular weight is 250 g/mol. The van der Waals surface area contributed by atoms with Crippen LogP contribution in [0.3, 0.4) is 0 Å². The number of benzene rings is 1. The van der Waals surface area contributed by atoms with Gasteiger partial charge in [0, 0.05) is 5.57 Å². The van der Waals surface area contributed by atoms with Gasteiger partial charge in [0.1, 0.15) is 11.4 Å². The SMILES string of the molecule is C=C(C)C(=O)OC(CC)(CC)c1ccc(F)cc1. The fourth-order valence-corrected chi connectivity index (χ4v) is 1.88. The van der Waals surface area contributed by atoms with E-state index in [2.05, 4.69) is 6.58 Å². The second kappa shape index (κ2) is 5.80. The molecule has 0 saturated heterocycles. The van der Waals surface area contributed by atoms with Crippen LogP contribution >= 0.6 is 0 Å². The fourth-order valence-electron chi connectivity index (χ4n) is 1.88. The van der Waals surface area contributed by atoms with Crippen LogP contribution in [0.2, 0.25) is 0 Å². The summed E-state index contributed by atoms with van der Waals surface area (Å²) in [6, 6.07) is 6.08. The first-order valence-corrected chi connectivity index (χ1v) is 6.10. The summed E-state index contributed by atoms with van der Waals surface area (Å²) in [6.07, 6.45) is 1.27. The average Bonchev–Trinajstić information content (AvgIpc) is 2.36. The largest absolute Gasteiger partial charge is 0.451 e. The molecule has 1 aromatic rings. The summed E-state index contributed by atoms with van der Waals surface area (Å²) < 4.78 is 18.5. The summed E-state index contributed by atoms with van der Waals surface area (Å²) >= 11 is 0. The second-order valence-electron chi connectivity index (χ2n) is 4.38. The van der Waals surface area contributed by atoms with Gasteiger partial charge >= 0.3 is 5.97 Å². The van der Waals surface area contributed by atoms with Crippen molar-refractivity contribution in [2.45, 2.75) is 39.2 Å². The van der Waals surface area contributed by atoms with E-state index in [-0.39, 0.29) is 5.82 Å². The lowest BCUT2D eigenvalue weighted by atomic mass is 9.88. The molecule has 18 heavy (non-hydrogen) atoms. The van der Waals surface area contributed by atoms with Crippen LogP contribution < -0.4 is 0 Å². The lowest BCUT2D eigenvalue weighted by Crippen LogP contribution is -2.31. The van der Waals surface area contributed by atoms with E-state index < -0.39 is 11.6 Å². The van der Waals surface area contributed by atoms with E-state index >= 15 is 0 Å². The van der Waals surface area contributed by atoms with Crippen molar-refractivity contribution >= 4 is 5.97 Å². The van der Waals surface area contributed by atoms with E-state index in [4.69, 9.17) is 4.74 Å². The first kappa shape index (κ1) is 14.4. The first-order chi connectivity index (χ1) is 8.45. The number of esters is 1. The lowest BCUT2D eigenvalue weighted by Gasteiger charge is -2.32. The van der Waals surface area contributed by atoms with E-state index in [1.165, 1.54) is 12.1 Å². The Balaban J connectivity index is 3.10. The van der Waals surface area contributed by atoms with E-state index in [1.807, 2.05) is 13.8 Å². The second-order valence-corrected chi connectivity index (χ2v) is 4.38. The van der Waals surface area contributed by atoms with Crippen molar-refractivity contribution in [2.75, 3.05) is 0 Å². The molecule has 0 spiro atoms. The Kier molecular flexibility index (Phi) is 4.65. The molecule has 0 atom stereocenters. The van der Waals surface area contributed by atoms with Crippen molar-refractivity contribution in [1.82, 2.24) is 0 Å². The van der Waals surface area contributed by atoms with Crippen molar-refractivity contribution in [1.29, 1.82) is 0 Å². The zero-order chi connectivity index (χ0) is 13.8. The molecule has 0 amide bonds. The van der Waals surface area contributed by atoms with Crippen molar-refractivity contribution in [3.63, 3.8) is 0 Å². The number of rotatable bonds is 5. The van der Waals surface area contributed by atoms with Gasteiger partial charge in [-0.1, -0.05) is 32.6 Å². The molecule has 0 unspecified atom stereocenters. The summed E-state index contributed by atoms with van der Waals surface area (Å²) in [7, 11) is 0. The van der Waals surface area contributed by atoms with Gasteiger partial charge in [0.2, 0.25) is 0 Å². The lowest BCUT2D eigenvalue weighted by molar-refractivity contribution is -0.157. The molecule has 0 radical (unpaired) electrons. The molecule has 0 aliphatic carbocycles. The third-order valence-corrected chi connectivity index (χ3v) is 3.15. The van der Waals surface area contributed by atoms with Crippen LogP contribution in [-0.2, 0) is 15.1 Å². The van der Waals surface area contributed by atoms with Crippen LogP contribution in [0.1, 0.15) is 39.2 Å². The van der Waals surface area contributed by atoms with E-state index in [9.17, 15) is 9.18 Å². The Morgan fingerprint density at radius 3 is 2.17 bits per heavy atom. The predicted molar refractivity (Wildman–Crippen MR) is 69.6 cm³/mol. The maximum atomic E-state index is 13.0. The zero-order valence-electron chi connectivity index (χ0n) is 11.1. The smallest absolute Gasteiger partial charge is 0.333 e. The zero-order valence-corrected chi connectivity index (χ0v) is 11.1. The molecule has 0 aliphatic rings. The van der Waals surface area contributed by atoms with Crippen LogP contribution in [0.5, 0.6) is 0 Å². The van der Waals surface area contributed by atoms with Crippen LogP contribution in [-0.4, -0.2) is 5.97 Å².